The maximum atomic E-state index is 13.8. The van der Waals surface area contributed by atoms with E-state index in [1.54, 1.807) is 13.2 Å². The molecule has 1 amide bonds. The first-order valence-corrected chi connectivity index (χ1v) is 16.0. The molecule has 0 spiro atoms. The Hall–Kier alpha value is -3.62. The number of piperidine rings is 1. The number of carbonyl (C=O) groups excluding carboxylic acids is 1. The summed E-state index contributed by atoms with van der Waals surface area (Å²) in [6.45, 7) is 10.7. The number of hydrogen-bond donors (Lipinski definition) is 3. The molecule has 1 saturated heterocycles. The maximum Gasteiger partial charge on any atom is 0.251 e. The second-order valence-electron chi connectivity index (χ2n) is 13.0. The summed E-state index contributed by atoms with van der Waals surface area (Å²) in [7, 11) is 1.57. The average Bonchev–Trinajstić information content (AvgIpc) is 3.02. The SMILES string of the molecule is CCc1ccc2c(c1)[C@@H](NC[C@H](O)[C@H](Cc1ccccc1)NC(=O)c1cc(OC)nc(N3CCC[C@H](C)C3)c1)CC(C)(C)O2. The van der Waals surface area contributed by atoms with Gasteiger partial charge in [0.1, 0.15) is 17.2 Å². The van der Waals surface area contributed by atoms with Crippen LogP contribution in [0.3, 0.4) is 0 Å². The minimum atomic E-state index is -0.839. The number of nitrogens with one attached hydrogen (secondary N) is 2. The van der Waals surface area contributed by atoms with E-state index in [2.05, 4.69) is 66.4 Å². The molecule has 2 aliphatic heterocycles. The quantitative estimate of drug-likeness (QED) is 0.268. The molecule has 0 saturated carbocycles. The smallest absolute Gasteiger partial charge is 0.251 e. The van der Waals surface area contributed by atoms with Crippen molar-refractivity contribution in [3.63, 3.8) is 0 Å². The van der Waals surface area contributed by atoms with E-state index in [0.29, 0.717) is 30.3 Å². The Balaban J connectivity index is 1.35. The molecule has 2 aliphatic rings. The first kappa shape index (κ1) is 31.8. The molecule has 0 unspecified atom stereocenters. The van der Waals surface area contributed by atoms with Gasteiger partial charge in [-0.1, -0.05) is 56.3 Å². The molecule has 0 bridgehead atoms. The molecule has 0 aliphatic carbocycles. The van der Waals surface area contributed by atoms with Gasteiger partial charge in [-0.2, -0.15) is 4.98 Å². The summed E-state index contributed by atoms with van der Waals surface area (Å²) < 4.78 is 11.8. The van der Waals surface area contributed by atoms with Crippen LogP contribution in [0, 0.1) is 5.92 Å². The number of aromatic nitrogens is 1. The number of rotatable bonds is 11. The van der Waals surface area contributed by atoms with E-state index in [4.69, 9.17) is 9.47 Å². The van der Waals surface area contributed by atoms with Crippen LogP contribution in [0.4, 0.5) is 5.82 Å². The first-order chi connectivity index (χ1) is 21.1. The second kappa shape index (κ2) is 14.0. The van der Waals surface area contributed by atoms with Gasteiger partial charge in [-0.05, 0) is 68.7 Å². The molecule has 3 heterocycles. The largest absolute Gasteiger partial charge is 0.487 e. The van der Waals surface area contributed by atoms with Gasteiger partial charge < -0.3 is 30.1 Å². The van der Waals surface area contributed by atoms with Crippen molar-refractivity contribution in [3.8, 4) is 11.6 Å². The highest BCUT2D eigenvalue weighted by atomic mass is 16.5. The zero-order chi connectivity index (χ0) is 31.3. The van der Waals surface area contributed by atoms with Crippen LogP contribution in [0.25, 0.3) is 0 Å². The second-order valence-corrected chi connectivity index (χ2v) is 13.0. The molecular formula is C36H48N4O4. The fraction of sp³-hybridized carbons (Fsp3) is 0.500. The molecule has 4 atom stereocenters. The number of aliphatic hydroxyl groups excluding tert-OH is 1. The molecule has 44 heavy (non-hydrogen) atoms. The number of aliphatic hydroxyl groups is 1. The number of methoxy groups -OCH3 is 1. The van der Waals surface area contributed by atoms with Gasteiger partial charge in [-0.15, -0.1) is 0 Å². The number of amides is 1. The first-order valence-electron chi connectivity index (χ1n) is 16.0. The van der Waals surface area contributed by atoms with Crippen LogP contribution in [0.5, 0.6) is 11.6 Å². The van der Waals surface area contributed by atoms with Gasteiger partial charge in [0.05, 0.1) is 19.3 Å². The van der Waals surface area contributed by atoms with E-state index in [1.807, 2.05) is 36.4 Å². The number of ether oxygens (including phenoxy) is 2. The molecule has 236 valence electrons. The van der Waals surface area contributed by atoms with Crippen molar-refractivity contribution in [2.24, 2.45) is 5.92 Å². The van der Waals surface area contributed by atoms with Crippen molar-refractivity contribution in [2.75, 3.05) is 31.6 Å². The van der Waals surface area contributed by atoms with Gasteiger partial charge >= 0.3 is 0 Å². The summed E-state index contributed by atoms with van der Waals surface area (Å²) in [4.78, 5) is 20.7. The van der Waals surface area contributed by atoms with Gasteiger partial charge in [0.25, 0.3) is 5.91 Å². The zero-order valence-corrected chi connectivity index (χ0v) is 26.8. The van der Waals surface area contributed by atoms with Crippen LogP contribution in [-0.4, -0.2) is 60.5 Å². The van der Waals surface area contributed by atoms with Gasteiger partial charge in [-0.25, -0.2) is 0 Å². The lowest BCUT2D eigenvalue weighted by Crippen LogP contribution is -2.50. The normalized spacial score (nSPS) is 20.6. The Labute approximate surface area is 262 Å². The van der Waals surface area contributed by atoms with Crippen molar-refractivity contribution in [3.05, 3.63) is 82.9 Å². The van der Waals surface area contributed by atoms with Crippen LogP contribution in [0.2, 0.25) is 0 Å². The molecule has 3 aromatic rings. The van der Waals surface area contributed by atoms with Gasteiger partial charge in [0, 0.05) is 49.3 Å². The fourth-order valence-corrected chi connectivity index (χ4v) is 6.40. The predicted octanol–water partition coefficient (Wildman–Crippen LogP) is 5.48. The van der Waals surface area contributed by atoms with E-state index < -0.39 is 12.1 Å². The number of pyridine rings is 1. The summed E-state index contributed by atoms with van der Waals surface area (Å²) in [6.07, 6.45) is 3.64. The van der Waals surface area contributed by atoms with Crippen molar-refractivity contribution in [1.82, 2.24) is 15.6 Å². The summed E-state index contributed by atoms with van der Waals surface area (Å²) in [5.74, 6) is 2.33. The highest BCUT2D eigenvalue weighted by molar-refractivity contribution is 5.95. The number of anilines is 1. The molecule has 1 aromatic heterocycles. The third-order valence-corrected chi connectivity index (χ3v) is 8.83. The molecule has 8 heteroatoms. The van der Waals surface area contributed by atoms with E-state index in [0.717, 1.165) is 55.0 Å². The summed E-state index contributed by atoms with van der Waals surface area (Å²) in [5, 5.41) is 18.4. The number of aryl methyl sites for hydroxylation is 1. The van der Waals surface area contributed by atoms with Crippen LogP contribution in [0.1, 0.15) is 80.0 Å². The number of carbonyl (C=O) groups is 1. The standard InChI is InChI=1S/C36H48N4O4/c1-6-25-14-15-32-28(17-25)30(21-36(3,4)44-32)37-22-31(41)29(18-26-12-8-7-9-13-26)38-35(42)27-19-33(39-34(20-27)43-5)40-16-10-11-24(2)23-40/h7-9,12-15,17,19-20,24,29-31,37,41H,6,10-11,16,18,21-23H2,1-5H3,(H,38,42)/t24-,29-,30-,31-/m0/s1. The lowest BCUT2D eigenvalue weighted by Gasteiger charge is -2.39. The van der Waals surface area contributed by atoms with Crippen molar-refractivity contribution >= 4 is 11.7 Å². The molecule has 1 fully saturated rings. The van der Waals surface area contributed by atoms with E-state index in [-0.39, 0.29) is 17.6 Å². The van der Waals surface area contributed by atoms with Crippen molar-refractivity contribution in [1.29, 1.82) is 0 Å². The fourth-order valence-electron chi connectivity index (χ4n) is 6.40. The lowest BCUT2D eigenvalue weighted by molar-refractivity contribution is 0.0582. The highest BCUT2D eigenvalue weighted by Gasteiger charge is 2.34. The van der Waals surface area contributed by atoms with Crippen LogP contribution in [0.15, 0.2) is 60.7 Å². The van der Waals surface area contributed by atoms with Gasteiger partial charge in [-0.3, -0.25) is 4.79 Å². The topological polar surface area (TPSA) is 96.0 Å². The Kier molecular flexibility index (Phi) is 10.1. The van der Waals surface area contributed by atoms with Crippen LogP contribution >= 0.6 is 0 Å². The molecule has 2 aromatic carbocycles. The Morgan fingerprint density at radius 1 is 1.16 bits per heavy atom. The Morgan fingerprint density at radius 3 is 2.68 bits per heavy atom. The third-order valence-electron chi connectivity index (χ3n) is 8.83. The number of nitrogens with zero attached hydrogens (tertiary/aromatic N) is 2. The third kappa shape index (κ3) is 7.90. The minimum absolute atomic E-state index is 0.0157. The van der Waals surface area contributed by atoms with E-state index >= 15 is 0 Å². The zero-order valence-electron chi connectivity index (χ0n) is 26.8. The molecule has 3 N–H and O–H groups in total. The summed E-state index contributed by atoms with van der Waals surface area (Å²) in [5.41, 5.74) is 3.53. The number of benzene rings is 2. The van der Waals surface area contributed by atoms with E-state index in [9.17, 15) is 9.90 Å². The van der Waals surface area contributed by atoms with Gasteiger partial charge in [0.2, 0.25) is 5.88 Å². The van der Waals surface area contributed by atoms with Crippen molar-refractivity contribution in [2.45, 2.75) is 83.6 Å². The molecule has 8 nitrogen and oxygen atoms in total. The Morgan fingerprint density at radius 2 is 1.95 bits per heavy atom. The monoisotopic (exact) mass is 600 g/mol. The van der Waals surface area contributed by atoms with Gasteiger partial charge in [0.15, 0.2) is 0 Å². The minimum Gasteiger partial charge on any atom is -0.487 e. The van der Waals surface area contributed by atoms with Crippen molar-refractivity contribution < 1.29 is 19.4 Å². The number of hydrogen-bond acceptors (Lipinski definition) is 7. The summed E-state index contributed by atoms with van der Waals surface area (Å²) in [6, 6.07) is 19.3. The highest BCUT2D eigenvalue weighted by Crippen LogP contribution is 2.40. The lowest BCUT2D eigenvalue weighted by atomic mass is 9.88. The molecule has 5 rings (SSSR count). The van der Waals surface area contributed by atoms with E-state index in [1.165, 1.54) is 12.0 Å². The molecular weight excluding hydrogens is 552 g/mol. The number of fused-ring (bicyclic) bond motifs is 1. The van der Waals surface area contributed by atoms with Crippen LogP contribution < -0.4 is 25.0 Å². The maximum absolute atomic E-state index is 13.8. The predicted molar refractivity (Wildman–Crippen MR) is 175 cm³/mol. The van der Waals surface area contributed by atoms with Crippen LogP contribution in [-0.2, 0) is 12.8 Å². The Bertz CT molecular complexity index is 1410. The average molecular weight is 601 g/mol. The summed E-state index contributed by atoms with van der Waals surface area (Å²) >= 11 is 0. The molecule has 0 radical (unpaired) electrons.